The Balaban J connectivity index is 2.53. The summed E-state index contributed by atoms with van der Waals surface area (Å²) in [6.45, 7) is 7.38. The molecule has 0 aromatic carbocycles. The summed E-state index contributed by atoms with van der Waals surface area (Å²) in [4.78, 5) is 0. The highest BCUT2D eigenvalue weighted by Gasteiger charge is 2.35. The Morgan fingerprint density at radius 3 is 2.56 bits per heavy atom. The number of hydrogen-bond acceptors (Lipinski definition) is 2. The molecule has 0 bridgehead atoms. The summed E-state index contributed by atoms with van der Waals surface area (Å²) in [7, 11) is 0. The van der Waals surface area contributed by atoms with Gasteiger partial charge in [0.2, 0.25) is 6.43 Å². The van der Waals surface area contributed by atoms with Crippen molar-refractivity contribution in [1.82, 2.24) is 15.5 Å². The van der Waals surface area contributed by atoms with Crippen LogP contribution in [-0.2, 0) is 6.54 Å². The summed E-state index contributed by atoms with van der Waals surface area (Å²) < 4.78 is 25.5. The van der Waals surface area contributed by atoms with Crippen LogP contribution in [0.3, 0.4) is 0 Å². The SMILES string of the molecule is Cc1[nH]ncc1CNC(C)C(C)(C)C(F)F. The first-order chi connectivity index (χ1) is 7.35. The summed E-state index contributed by atoms with van der Waals surface area (Å²) in [5, 5.41) is 9.81. The topological polar surface area (TPSA) is 40.7 Å². The number of aromatic amines is 1. The van der Waals surface area contributed by atoms with Crippen LogP contribution < -0.4 is 5.32 Å². The van der Waals surface area contributed by atoms with E-state index in [2.05, 4.69) is 15.5 Å². The molecule has 0 aliphatic carbocycles. The van der Waals surface area contributed by atoms with E-state index in [1.165, 1.54) is 0 Å². The molecule has 0 aliphatic rings. The fraction of sp³-hybridized carbons (Fsp3) is 0.727. The Hall–Kier alpha value is -0.970. The molecule has 1 atom stereocenters. The van der Waals surface area contributed by atoms with Crippen LogP contribution in [0.25, 0.3) is 0 Å². The molecule has 5 heteroatoms. The summed E-state index contributed by atoms with van der Waals surface area (Å²) in [5.41, 5.74) is 0.948. The van der Waals surface area contributed by atoms with Crippen molar-refractivity contribution < 1.29 is 8.78 Å². The van der Waals surface area contributed by atoms with Crippen LogP contribution in [0.15, 0.2) is 6.20 Å². The van der Waals surface area contributed by atoms with Gasteiger partial charge in [0.25, 0.3) is 0 Å². The van der Waals surface area contributed by atoms with Gasteiger partial charge >= 0.3 is 0 Å². The van der Waals surface area contributed by atoms with Crippen molar-refractivity contribution in [3.8, 4) is 0 Å². The second-order valence-corrected chi connectivity index (χ2v) is 4.74. The molecule has 1 heterocycles. The molecule has 0 aliphatic heterocycles. The molecule has 0 amide bonds. The molecule has 0 fully saturated rings. The minimum absolute atomic E-state index is 0.262. The van der Waals surface area contributed by atoms with Crippen molar-refractivity contribution in [1.29, 1.82) is 0 Å². The average Bonchev–Trinajstić information content (AvgIpc) is 2.60. The van der Waals surface area contributed by atoms with Crippen LogP contribution in [0.1, 0.15) is 32.0 Å². The Morgan fingerprint density at radius 2 is 2.12 bits per heavy atom. The zero-order valence-electron chi connectivity index (χ0n) is 10.1. The maximum atomic E-state index is 12.7. The van der Waals surface area contributed by atoms with Gasteiger partial charge in [-0.15, -0.1) is 0 Å². The first kappa shape index (κ1) is 13.1. The first-order valence-corrected chi connectivity index (χ1v) is 5.36. The number of hydrogen-bond donors (Lipinski definition) is 2. The van der Waals surface area contributed by atoms with Gasteiger partial charge in [-0.25, -0.2) is 8.78 Å². The third-order valence-corrected chi connectivity index (χ3v) is 3.21. The van der Waals surface area contributed by atoms with Gasteiger partial charge in [0, 0.05) is 29.3 Å². The van der Waals surface area contributed by atoms with Gasteiger partial charge in [0.15, 0.2) is 0 Å². The highest BCUT2D eigenvalue weighted by molar-refractivity contribution is 5.14. The van der Waals surface area contributed by atoms with E-state index in [1.54, 1.807) is 27.0 Å². The minimum Gasteiger partial charge on any atom is -0.309 e. The van der Waals surface area contributed by atoms with Crippen LogP contribution >= 0.6 is 0 Å². The molecule has 16 heavy (non-hydrogen) atoms. The largest absolute Gasteiger partial charge is 0.309 e. The van der Waals surface area contributed by atoms with E-state index in [9.17, 15) is 8.78 Å². The third kappa shape index (κ3) is 2.78. The highest BCUT2D eigenvalue weighted by atomic mass is 19.3. The molecule has 0 spiro atoms. The number of nitrogens with zero attached hydrogens (tertiary/aromatic N) is 1. The molecule has 1 aromatic rings. The summed E-state index contributed by atoms with van der Waals surface area (Å²) >= 11 is 0. The lowest BCUT2D eigenvalue weighted by atomic mass is 9.86. The average molecular weight is 231 g/mol. The number of aryl methyl sites for hydroxylation is 1. The second-order valence-electron chi connectivity index (χ2n) is 4.74. The molecule has 0 saturated carbocycles. The third-order valence-electron chi connectivity index (χ3n) is 3.21. The zero-order valence-corrected chi connectivity index (χ0v) is 10.1. The van der Waals surface area contributed by atoms with Crippen molar-refractivity contribution in [3.05, 3.63) is 17.5 Å². The number of nitrogens with one attached hydrogen (secondary N) is 2. The van der Waals surface area contributed by atoms with Crippen LogP contribution in [0, 0.1) is 12.3 Å². The van der Waals surface area contributed by atoms with Gasteiger partial charge in [0.1, 0.15) is 0 Å². The summed E-state index contributed by atoms with van der Waals surface area (Å²) in [6.07, 6.45) is -0.620. The Morgan fingerprint density at radius 1 is 1.50 bits per heavy atom. The van der Waals surface area contributed by atoms with E-state index >= 15 is 0 Å². The van der Waals surface area contributed by atoms with Gasteiger partial charge < -0.3 is 5.32 Å². The van der Waals surface area contributed by atoms with E-state index in [4.69, 9.17) is 0 Å². The molecule has 0 radical (unpaired) electrons. The van der Waals surface area contributed by atoms with Gasteiger partial charge in [-0.2, -0.15) is 5.10 Å². The number of H-pyrrole nitrogens is 1. The number of halogens is 2. The predicted octanol–water partition coefficient (Wildman–Crippen LogP) is 2.49. The van der Waals surface area contributed by atoms with Gasteiger partial charge in [-0.1, -0.05) is 13.8 Å². The fourth-order valence-electron chi connectivity index (χ4n) is 1.27. The molecule has 1 rings (SSSR count). The van der Waals surface area contributed by atoms with Crippen molar-refractivity contribution in [2.24, 2.45) is 5.41 Å². The monoisotopic (exact) mass is 231 g/mol. The Kier molecular flexibility index (Phi) is 4.02. The highest BCUT2D eigenvalue weighted by Crippen LogP contribution is 2.28. The van der Waals surface area contributed by atoms with E-state index < -0.39 is 11.8 Å². The van der Waals surface area contributed by atoms with Crippen LogP contribution in [0.4, 0.5) is 8.78 Å². The number of alkyl halides is 2. The van der Waals surface area contributed by atoms with Crippen LogP contribution in [0.2, 0.25) is 0 Å². The molecule has 2 N–H and O–H groups in total. The number of aromatic nitrogens is 2. The van der Waals surface area contributed by atoms with Gasteiger partial charge in [-0.05, 0) is 13.8 Å². The quantitative estimate of drug-likeness (QED) is 0.817. The maximum absolute atomic E-state index is 12.7. The molecule has 3 nitrogen and oxygen atoms in total. The predicted molar refractivity (Wildman–Crippen MR) is 59.4 cm³/mol. The second kappa shape index (κ2) is 4.91. The van der Waals surface area contributed by atoms with Crippen molar-refractivity contribution in [3.63, 3.8) is 0 Å². The van der Waals surface area contributed by atoms with E-state index in [0.717, 1.165) is 11.3 Å². The molecular weight excluding hydrogens is 212 g/mol. The molecule has 1 unspecified atom stereocenters. The van der Waals surface area contributed by atoms with Gasteiger partial charge in [-0.3, -0.25) is 5.10 Å². The standard InChI is InChI=1S/C11H19F2N3/c1-7-9(6-15-16-7)5-14-8(2)11(3,4)10(12)13/h6,8,10,14H,5H2,1-4H3,(H,15,16). The lowest BCUT2D eigenvalue weighted by Crippen LogP contribution is -2.43. The van der Waals surface area contributed by atoms with Crippen molar-refractivity contribution in [2.75, 3.05) is 0 Å². The lowest BCUT2D eigenvalue weighted by Gasteiger charge is -2.31. The summed E-state index contributed by atoms with van der Waals surface area (Å²) in [6, 6.07) is -0.262. The molecule has 0 saturated heterocycles. The fourth-order valence-corrected chi connectivity index (χ4v) is 1.27. The lowest BCUT2D eigenvalue weighted by molar-refractivity contribution is -0.00260. The number of rotatable bonds is 5. The van der Waals surface area contributed by atoms with E-state index in [1.807, 2.05) is 6.92 Å². The normalized spacial score (nSPS) is 14.4. The Labute approximate surface area is 94.6 Å². The molecule has 1 aromatic heterocycles. The van der Waals surface area contributed by atoms with Crippen LogP contribution in [-0.4, -0.2) is 22.7 Å². The van der Waals surface area contributed by atoms with Gasteiger partial charge in [0.05, 0.1) is 6.20 Å². The van der Waals surface area contributed by atoms with E-state index in [-0.39, 0.29) is 6.04 Å². The zero-order chi connectivity index (χ0) is 12.3. The van der Waals surface area contributed by atoms with Crippen molar-refractivity contribution in [2.45, 2.75) is 46.7 Å². The minimum atomic E-state index is -2.33. The van der Waals surface area contributed by atoms with E-state index in [0.29, 0.717) is 6.54 Å². The summed E-state index contributed by atoms with van der Waals surface area (Å²) in [5.74, 6) is 0. The molecular formula is C11H19F2N3. The van der Waals surface area contributed by atoms with Crippen molar-refractivity contribution >= 4 is 0 Å². The first-order valence-electron chi connectivity index (χ1n) is 5.36. The van der Waals surface area contributed by atoms with Crippen LogP contribution in [0.5, 0.6) is 0 Å². The molecule has 92 valence electrons. The smallest absolute Gasteiger partial charge is 0.245 e. The maximum Gasteiger partial charge on any atom is 0.245 e. The Bertz CT molecular complexity index is 334.